The molecule has 0 spiro atoms. The molecule has 0 saturated carbocycles. The molecule has 0 aromatic heterocycles. The lowest BCUT2D eigenvalue weighted by Crippen LogP contribution is -2.18. The molecule has 0 aliphatic rings. The molecule has 1 rings (SSSR count). The molecule has 0 amide bonds. The number of rotatable bonds is 7. The lowest BCUT2D eigenvalue weighted by Gasteiger charge is -2.17. The molecule has 4 heteroatoms. The number of halogens is 3. The minimum atomic E-state index is -0.416. The van der Waals surface area contributed by atoms with Crippen molar-refractivity contribution in [3.05, 3.63) is 33.8 Å². The van der Waals surface area contributed by atoms with E-state index >= 15 is 0 Å². The molecule has 1 atom stereocenters. The zero-order chi connectivity index (χ0) is 13.5. The maximum atomic E-state index is 13.8. The lowest BCUT2D eigenvalue weighted by atomic mass is 9.99. The van der Waals surface area contributed by atoms with Crippen LogP contribution in [0.25, 0.3) is 0 Å². The number of hydrogen-bond donors (Lipinski definition) is 1. The van der Waals surface area contributed by atoms with Crippen molar-refractivity contribution in [3.63, 3.8) is 0 Å². The monoisotopic (exact) mass is 319 g/mol. The summed E-state index contributed by atoms with van der Waals surface area (Å²) in [7, 11) is 1.78. The van der Waals surface area contributed by atoms with Crippen LogP contribution in [0.15, 0.2) is 16.6 Å². The van der Waals surface area contributed by atoms with Gasteiger partial charge in [-0.05, 0) is 41.5 Å². The highest BCUT2D eigenvalue weighted by molar-refractivity contribution is 9.10. The smallest absolute Gasteiger partial charge is 0.137 e. The predicted molar refractivity (Wildman–Crippen MR) is 74.6 cm³/mol. The van der Waals surface area contributed by atoms with Crippen LogP contribution in [0.5, 0.6) is 0 Å². The molecular weight excluding hydrogens is 300 g/mol. The van der Waals surface area contributed by atoms with Gasteiger partial charge in [0.2, 0.25) is 0 Å². The van der Waals surface area contributed by atoms with E-state index in [-0.39, 0.29) is 16.3 Å². The van der Waals surface area contributed by atoms with Crippen LogP contribution in [0.1, 0.15) is 50.6 Å². The molecular formula is C14H20BrF2N. The summed E-state index contributed by atoms with van der Waals surface area (Å²) < 4.78 is 27.4. The van der Waals surface area contributed by atoms with Crippen LogP contribution in [0, 0.1) is 11.6 Å². The topological polar surface area (TPSA) is 12.0 Å². The van der Waals surface area contributed by atoms with E-state index in [0.717, 1.165) is 19.3 Å². The largest absolute Gasteiger partial charge is 0.313 e. The summed E-state index contributed by atoms with van der Waals surface area (Å²) in [4.78, 5) is 0. The van der Waals surface area contributed by atoms with E-state index in [1.54, 1.807) is 7.05 Å². The van der Waals surface area contributed by atoms with E-state index in [9.17, 15) is 8.78 Å². The average Bonchev–Trinajstić information content (AvgIpc) is 2.35. The molecule has 1 aromatic rings. The van der Waals surface area contributed by atoms with Gasteiger partial charge in [-0.15, -0.1) is 0 Å². The summed E-state index contributed by atoms with van der Waals surface area (Å²) in [6, 6.07) is 2.35. The molecule has 1 N–H and O–H groups in total. The van der Waals surface area contributed by atoms with Crippen LogP contribution in [0.2, 0.25) is 0 Å². The number of benzene rings is 1. The van der Waals surface area contributed by atoms with Crippen molar-refractivity contribution in [2.75, 3.05) is 7.05 Å². The molecule has 1 unspecified atom stereocenters. The first kappa shape index (κ1) is 15.6. The van der Waals surface area contributed by atoms with Crippen LogP contribution in [0.3, 0.4) is 0 Å². The van der Waals surface area contributed by atoms with Gasteiger partial charge in [0.25, 0.3) is 0 Å². The molecule has 0 heterocycles. The van der Waals surface area contributed by atoms with Crippen LogP contribution >= 0.6 is 15.9 Å². The number of unbranched alkanes of at least 4 members (excludes halogenated alkanes) is 3. The Morgan fingerprint density at radius 2 is 1.89 bits per heavy atom. The van der Waals surface area contributed by atoms with Crippen molar-refractivity contribution < 1.29 is 8.78 Å². The molecule has 18 heavy (non-hydrogen) atoms. The van der Waals surface area contributed by atoms with Gasteiger partial charge in [0.1, 0.15) is 11.6 Å². The van der Waals surface area contributed by atoms with Crippen LogP contribution < -0.4 is 5.32 Å². The summed E-state index contributed by atoms with van der Waals surface area (Å²) in [6.07, 6.45) is 5.35. The summed E-state index contributed by atoms with van der Waals surface area (Å²) in [5.74, 6) is -0.779. The van der Waals surface area contributed by atoms with Gasteiger partial charge in [0.15, 0.2) is 0 Å². The molecule has 1 aromatic carbocycles. The van der Waals surface area contributed by atoms with E-state index in [2.05, 4.69) is 28.2 Å². The first-order chi connectivity index (χ1) is 8.60. The van der Waals surface area contributed by atoms with Crippen molar-refractivity contribution in [2.45, 2.75) is 45.1 Å². The normalized spacial score (nSPS) is 12.7. The first-order valence-corrected chi connectivity index (χ1v) is 7.21. The number of nitrogens with one attached hydrogen (secondary N) is 1. The first-order valence-electron chi connectivity index (χ1n) is 6.41. The van der Waals surface area contributed by atoms with Crippen molar-refractivity contribution >= 4 is 15.9 Å². The van der Waals surface area contributed by atoms with Crippen molar-refractivity contribution in [2.24, 2.45) is 0 Å². The fourth-order valence-electron chi connectivity index (χ4n) is 2.04. The Bertz CT molecular complexity index is 382. The highest BCUT2D eigenvalue weighted by atomic mass is 79.9. The molecule has 0 aliphatic carbocycles. The van der Waals surface area contributed by atoms with Crippen molar-refractivity contribution in [1.29, 1.82) is 0 Å². The molecule has 0 bridgehead atoms. The van der Waals surface area contributed by atoms with Gasteiger partial charge in [-0.2, -0.15) is 0 Å². The zero-order valence-corrected chi connectivity index (χ0v) is 12.5. The zero-order valence-electron chi connectivity index (χ0n) is 10.9. The Labute approximate surface area is 116 Å². The van der Waals surface area contributed by atoms with Crippen LogP contribution in [-0.4, -0.2) is 7.05 Å². The minimum Gasteiger partial charge on any atom is -0.313 e. The van der Waals surface area contributed by atoms with Gasteiger partial charge in [-0.25, -0.2) is 8.78 Å². The average molecular weight is 320 g/mol. The Morgan fingerprint density at radius 1 is 1.17 bits per heavy atom. The van der Waals surface area contributed by atoms with Gasteiger partial charge in [0, 0.05) is 11.6 Å². The van der Waals surface area contributed by atoms with Gasteiger partial charge < -0.3 is 5.32 Å². The molecule has 0 radical (unpaired) electrons. The predicted octanol–water partition coefficient (Wildman–Crippen LogP) is 4.96. The van der Waals surface area contributed by atoms with Gasteiger partial charge >= 0.3 is 0 Å². The van der Waals surface area contributed by atoms with E-state index < -0.39 is 5.82 Å². The van der Waals surface area contributed by atoms with E-state index in [0.29, 0.717) is 5.56 Å². The van der Waals surface area contributed by atoms with Gasteiger partial charge in [-0.1, -0.05) is 32.6 Å². The fourth-order valence-corrected chi connectivity index (χ4v) is 2.35. The van der Waals surface area contributed by atoms with Crippen LogP contribution in [-0.2, 0) is 0 Å². The van der Waals surface area contributed by atoms with E-state index in [1.165, 1.54) is 25.0 Å². The summed E-state index contributed by atoms with van der Waals surface area (Å²) in [5.41, 5.74) is 0.412. The van der Waals surface area contributed by atoms with E-state index in [4.69, 9.17) is 0 Å². The molecule has 0 saturated heterocycles. The Balaban J connectivity index is 2.72. The summed E-state index contributed by atoms with van der Waals surface area (Å²) in [6.45, 7) is 2.15. The Morgan fingerprint density at radius 3 is 2.50 bits per heavy atom. The minimum absolute atomic E-state index is 0.121. The SMILES string of the molecule is CCCCCCC(NC)c1cc(F)c(Br)cc1F. The van der Waals surface area contributed by atoms with Crippen molar-refractivity contribution in [1.82, 2.24) is 5.32 Å². The van der Waals surface area contributed by atoms with Gasteiger partial charge in [-0.3, -0.25) is 0 Å². The lowest BCUT2D eigenvalue weighted by molar-refractivity contribution is 0.475. The second-order valence-electron chi connectivity index (χ2n) is 4.48. The highest BCUT2D eigenvalue weighted by Crippen LogP contribution is 2.27. The number of hydrogen-bond acceptors (Lipinski definition) is 1. The second-order valence-corrected chi connectivity index (χ2v) is 5.33. The third-order valence-electron chi connectivity index (χ3n) is 3.11. The summed E-state index contributed by atoms with van der Waals surface area (Å²) in [5, 5.41) is 3.06. The maximum Gasteiger partial charge on any atom is 0.137 e. The van der Waals surface area contributed by atoms with E-state index in [1.807, 2.05) is 0 Å². The maximum absolute atomic E-state index is 13.8. The Kier molecular flexibility index (Phi) is 6.79. The highest BCUT2D eigenvalue weighted by Gasteiger charge is 2.16. The van der Waals surface area contributed by atoms with Gasteiger partial charge in [0.05, 0.1) is 4.47 Å². The Hall–Kier alpha value is -0.480. The third kappa shape index (κ3) is 4.32. The second kappa shape index (κ2) is 7.85. The third-order valence-corrected chi connectivity index (χ3v) is 3.72. The molecule has 0 aliphatic heterocycles. The molecule has 1 nitrogen and oxygen atoms in total. The van der Waals surface area contributed by atoms with Crippen LogP contribution in [0.4, 0.5) is 8.78 Å². The standard InChI is InChI=1S/C14H20BrF2N/c1-3-4-5-6-7-14(18-2)10-8-13(17)11(15)9-12(10)16/h8-9,14,18H,3-7H2,1-2H3. The quantitative estimate of drug-likeness (QED) is 0.553. The fraction of sp³-hybridized carbons (Fsp3) is 0.571. The summed E-state index contributed by atoms with van der Waals surface area (Å²) >= 11 is 2.99. The molecule has 102 valence electrons. The van der Waals surface area contributed by atoms with Crippen molar-refractivity contribution in [3.8, 4) is 0 Å². The molecule has 0 fully saturated rings.